The second kappa shape index (κ2) is 4.33. The number of hydrogen-bond donors (Lipinski definition) is 2. The van der Waals surface area contributed by atoms with Crippen molar-refractivity contribution in [3.63, 3.8) is 0 Å². The maximum absolute atomic E-state index is 4.58. The third kappa shape index (κ3) is 1.72. The maximum atomic E-state index is 4.58. The van der Waals surface area contributed by atoms with E-state index in [9.17, 15) is 0 Å². The molecule has 4 heterocycles. The Hall–Kier alpha value is -1.91. The van der Waals surface area contributed by atoms with Crippen molar-refractivity contribution >= 4 is 11.5 Å². The van der Waals surface area contributed by atoms with Crippen LogP contribution in [-0.2, 0) is 0 Å². The number of nitrogens with zero attached hydrogens (tertiary/aromatic N) is 3. The van der Waals surface area contributed by atoms with Gasteiger partial charge in [-0.05, 0) is 31.4 Å². The fourth-order valence-electron chi connectivity index (χ4n) is 2.99. The first-order valence-corrected chi connectivity index (χ1v) is 7.15. The molecule has 0 spiro atoms. The summed E-state index contributed by atoms with van der Waals surface area (Å²) >= 11 is 0. The van der Waals surface area contributed by atoms with E-state index >= 15 is 0 Å². The van der Waals surface area contributed by atoms with Crippen molar-refractivity contribution in [1.82, 2.24) is 15.2 Å². The van der Waals surface area contributed by atoms with Crippen LogP contribution in [0, 0.1) is 0 Å². The minimum absolute atomic E-state index is 1.13. The lowest BCUT2D eigenvalue weighted by molar-refractivity contribution is 0.608. The molecule has 0 aliphatic carbocycles. The van der Waals surface area contributed by atoms with E-state index in [-0.39, 0.29) is 0 Å². The van der Waals surface area contributed by atoms with E-state index in [1.807, 2.05) is 12.3 Å². The molecule has 0 amide bonds. The van der Waals surface area contributed by atoms with Crippen molar-refractivity contribution < 1.29 is 0 Å². The van der Waals surface area contributed by atoms with Crippen LogP contribution in [0.5, 0.6) is 0 Å². The Labute approximate surface area is 112 Å². The second-order valence-electron chi connectivity index (χ2n) is 5.39. The lowest BCUT2D eigenvalue weighted by Gasteiger charge is -2.33. The molecule has 0 saturated carbocycles. The molecule has 2 aromatic heterocycles. The van der Waals surface area contributed by atoms with E-state index in [1.165, 1.54) is 24.9 Å². The zero-order chi connectivity index (χ0) is 12.7. The zero-order valence-electron chi connectivity index (χ0n) is 11.0. The summed E-state index contributed by atoms with van der Waals surface area (Å²) in [5.74, 6) is 1.14. The van der Waals surface area contributed by atoms with Gasteiger partial charge in [-0.1, -0.05) is 0 Å². The molecule has 2 aliphatic heterocycles. The van der Waals surface area contributed by atoms with E-state index in [0.29, 0.717) is 0 Å². The van der Waals surface area contributed by atoms with Crippen LogP contribution in [0.4, 0.5) is 11.5 Å². The van der Waals surface area contributed by atoms with Gasteiger partial charge in [0, 0.05) is 32.4 Å². The number of H-pyrrole nitrogens is 2. The summed E-state index contributed by atoms with van der Waals surface area (Å²) in [6.45, 7) is 4.56. The summed E-state index contributed by atoms with van der Waals surface area (Å²) in [5, 5.41) is 7.82. The van der Waals surface area contributed by atoms with Crippen LogP contribution in [0.2, 0.25) is 0 Å². The molecule has 4 rings (SSSR count). The largest absolute Gasteiger partial charge is 0.367 e. The molecule has 19 heavy (non-hydrogen) atoms. The molecule has 2 N–H and O–H groups in total. The summed E-state index contributed by atoms with van der Waals surface area (Å²) < 4.78 is 0. The first-order valence-electron chi connectivity index (χ1n) is 7.15. The van der Waals surface area contributed by atoms with Crippen LogP contribution in [-0.4, -0.2) is 41.4 Å². The Morgan fingerprint density at radius 2 is 1.79 bits per heavy atom. The van der Waals surface area contributed by atoms with Gasteiger partial charge >= 0.3 is 0 Å². The summed E-state index contributed by atoms with van der Waals surface area (Å²) in [4.78, 5) is 8.14. The maximum Gasteiger partial charge on any atom is 0.174 e. The van der Waals surface area contributed by atoms with Crippen molar-refractivity contribution in [2.75, 3.05) is 36.0 Å². The van der Waals surface area contributed by atoms with Gasteiger partial charge in [0.25, 0.3) is 0 Å². The zero-order valence-corrected chi connectivity index (χ0v) is 11.0. The standard InChI is InChI=1S/C14H19N5/c1-2-8-18(7-1)13-12(11-5-3-6-15-11)16-17-14(13)19-9-4-10-19/h3,5-6,15H,1-2,4,7-10H2,(H,16,17). The van der Waals surface area contributed by atoms with Gasteiger partial charge in [-0.2, -0.15) is 5.10 Å². The van der Waals surface area contributed by atoms with E-state index in [4.69, 9.17) is 0 Å². The Kier molecular flexibility index (Phi) is 2.50. The Morgan fingerprint density at radius 3 is 2.42 bits per heavy atom. The molecule has 0 radical (unpaired) electrons. The van der Waals surface area contributed by atoms with Gasteiger partial charge in [-0.3, -0.25) is 5.10 Å². The summed E-state index contributed by atoms with van der Waals surface area (Å²) in [6.07, 6.45) is 5.82. The molecule has 2 aromatic rings. The van der Waals surface area contributed by atoms with E-state index in [2.05, 4.69) is 31.0 Å². The van der Waals surface area contributed by atoms with Gasteiger partial charge < -0.3 is 14.8 Å². The van der Waals surface area contributed by atoms with Gasteiger partial charge in [0.2, 0.25) is 0 Å². The smallest absolute Gasteiger partial charge is 0.174 e. The molecule has 0 atom stereocenters. The lowest BCUT2D eigenvalue weighted by Crippen LogP contribution is -2.38. The third-order valence-corrected chi connectivity index (χ3v) is 4.17. The quantitative estimate of drug-likeness (QED) is 0.886. The van der Waals surface area contributed by atoms with E-state index < -0.39 is 0 Å². The van der Waals surface area contributed by atoms with Gasteiger partial charge in [-0.15, -0.1) is 0 Å². The number of hydrogen-bond acceptors (Lipinski definition) is 3. The fraction of sp³-hybridized carbons (Fsp3) is 0.500. The molecule has 5 heteroatoms. The summed E-state index contributed by atoms with van der Waals surface area (Å²) in [6, 6.07) is 4.14. The molecular weight excluding hydrogens is 238 g/mol. The van der Waals surface area contributed by atoms with Crippen molar-refractivity contribution in [3.05, 3.63) is 18.3 Å². The molecule has 2 saturated heterocycles. The van der Waals surface area contributed by atoms with E-state index in [0.717, 1.165) is 43.4 Å². The van der Waals surface area contributed by atoms with Crippen molar-refractivity contribution in [2.45, 2.75) is 19.3 Å². The topological polar surface area (TPSA) is 51.0 Å². The highest BCUT2D eigenvalue weighted by Crippen LogP contribution is 2.39. The van der Waals surface area contributed by atoms with Crippen LogP contribution >= 0.6 is 0 Å². The Balaban J connectivity index is 1.79. The first-order chi connectivity index (χ1) is 9.43. The second-order valence-corrected chi connectivity index (χ2v) is 5.39. The lowest BCUT2D eigenvalue weighted by atomic mass is 10.2. The Morgan fingerprint density at radius 1 is 1.00 bits per heavy atom. The average molecular weight is 257 g/mol. The SMILES string of the molecule is c1c[nH]c(-c2[nH]nc(N3CCC3)c2N2CCCC2)c1. The number of aromatic nitrogens is 3. The summed E-state index contributed by atoms with van der Waals surface area (Å²) in [7, 11) is 0. The fourth-order valence-corrected chi connectivity index (χ4v) is 2.99. The van der Waals surface area contributed by atoms with Gasteiger partial charge in [-0.25, -0.2) is 0 Å². The normalized spacial score (nSPS) is 18.9. The predicted molar refractivity (Wildman–Crippen MR) is 76.7 cm³/mol. The van der Waals surface area contributed by atoms with Gasteiger partial charge in [0.15, 0.2) is 5.82 Å². The highest BCUT2D eigenvalue weighted by Gasteiger charge is 2.28. The predicted octanol–water partition coefficient (Wildman–Crippen LogP) is 2.22. The van der Waals surface area contributed by atoms with E-state index in [1.54, 1.807) is 0 Å². The van der Waals surface area contributed by atoms with Crippen LogP contribution in [0.3, 0.4) is 0 Å². The highest BCUT2D eigenvalue weighted by molar-refractivity contribution is 5.83. The first kappa shape index (κ1) is 11.0. The Bertz CT molecular complexity index is 546. The van der Waals surface area contributed by atoms with Crippen LogP contribution in [0.15, 0.2) is 18.3 Å². The molecule has 5 nitrogen and oxygen atoms in total. The minimum Gasteiger partial charge on any atom is -0.367 e. The van der Waals surface area contributed by atoms with Gasteiger partial charge in [0.05, 0.1) is 5.69 Å². The molecule has 2 fully saturated rings. The number of rotatable bonds is 3. The molecular formula is C14H19N5. The van der Waals surface area contributed by atoms with Crippen LogP contribution < -0.4 is 9.80 Å². The van der Waals surface area contributed by atoms with Crippen molar-refractivity contribution in [1.29, 1.82) is 0 Å². The highest BCUT2D eigenvalue weighted by atomic mass is 15.3. The van der Waals surface area contributed by atoms with Crippen LogP contribution in [0.25, 0.3) is 11.4 Å². The minimum atomic E-state index is 1.13. The molecule has 0 aromatic carbocycles. The third-order valence-electron chi connectivity index (χ3n) is 4.17. The van der Waals surface area contributed by atoms with Crippen LogP contribution in [0.1, 0.15) is 19.3 Å². The van der Waals surface area contributed by atoms with Crippen molar-refractivity contribution in [3.8, 4) is 11.4 Å². The molecule has 100 valence electrons. The van der Waals surface area contributed by atoms with Gasteiger partial charge in [0.1, 0.15) is 11.4 Å². The van der Waals surface area contributed by atoms with Crippen molar-refractivity contribution in [2.24, 2.45) is 0 Å². The average Bonchev–Trinajstić information content (AvgIpc) is 3.07. The molecule has 0 unspecified atom stereocenters. The number of aromatic amines is 2. The number of nitrogens with one attached hydrogen (secondary N) is 2. The summed E-state index contributed by atoms with van der Waals surface area (Å²) in [5.41, 5.74) is 3.55. The molecule has 0 bridgehead atoms. The monoisotopic (exact) mass is 257 g/mol. The number of anilines is 2. The molecule has 2 aliphatic rings.